The fraction of sp³-hybridized carbons (Fsp3) is 0.556. The average molecular weight is 215 g/mol. The Bertz CT molecular complexity index is 315. The first-order valence-corrected chi connectivity index (χ1v) is 5.19. The SMILES string of the molecule is Cc1nc(SC(C)CC(=O)O)oc1C. The number of thioether (sulfide) groups is 1. The molecule has 1 rings (SSSR count). The maximum atomic E-state index is 10.4. The normalized spacial score (nSPS) is 12.8. The smallest absolute Gasteiger partial charge is 0.304 e. The zero-order valence-electron chi connectivity index (χ0n) is 8.40. The van der Waals surface area contributed by atoms with Crippen molar-refractivity contribution in [2.75, 3.05) is 0 Å². The summed E-state index contributed by atoms with van der Waals surface area (Å²) in [5, 5.41) is 9.08. The zero-order valence-corrected chi connectivity index (χ0v) is 9.22. The third-order valence-electron chi connectivity index (χ3n) is 1.77. The third kappa shape index (κ3) is 3.06. The maximum Gasteiger partial charge on any atom is 0.304 e. The van der Waals surface area contributed by atoms with Gasteiger partial charge in [-0.25, -0.2) is 4.98 Å². The minimum atomic E-state index is -0.801. The number of carboxylic acids is 1. The van der Waals surface area contributed by atoms with Crippen molar-refractivity contribution in [3.8, 4) is 0 Å². The van der Waals surface area contributed by atoms with E-state index >= 15 is 0 Å². The van der Waals surface area contributed by atoms with Crippen molar-refractivity contribution in [1.82, 2.24) is 4.98 Å². The van der Waals surface area contributed by atoms with Crippen LogP contribution in [-0.2, 0) is 4.79 Å². The number of aryl methyl sites for hydroxylation is 2. The monoisotopic (exact) mass is 215 g/mol. The first kappa shape index (κ1) is 11.1. The van der Waals surface area contributed by atoms with Crippen molar-refractivity contribution in [2.45, 2.75) is 37.7 Å². The van der Waals surface area contributed by atoms with E-state index in [0.29, 0.717) is 5.22 Å². The van der Waals surface area contributed by atoms with Gasteiger partial charge in [0.2, 0.25) is 0 Å². The van der Waals surface area contributed by atoms with E-state index in [1.807, 2.05) is 20.8 Å². The molecule has 0 aliphatic carbocycles. The Morgan fingerprint density at radius 2 is 2.29 bits per heavy atom. The van der Waals surface area contributed by atoms with Gasteiger partial charge in [-0.15, -0.1) is 0 Å². The molecule has 5 heteroatoms. The van der Waals surface area contributed by atoms with Crippen molar-refractivity contribution in [2.24, 2.45) is 0 Å². The molecule has 1 heterocycles. The van der Waals surface area contributed by atoms with Crippen LogP contribution in [0, 0.1) is 13.8 Å². The van der Waals surface area contributed by atoms with Gasteiger partial charge in [-0.3, -0.25) is 4.79 Å². The van der Waals surface area contributed by atoms with Crippen LogP contribution in [0.5, 0.6) is 0 Å². The topological polar surface area (TPSA) is 63.3 Å². The molecule has 0 bridgehead atoms. The fourth-order valence-electron chi connectivity index (χ4n) is 0.953. The van der Waals surface area contributed by atoms with Crippen molar-refractivity contribution >= 4 is 17.7 Å². The predicted octanol–water partition coefficient (Wildman–Crippen LogP) is 2.25. The van der Waals surface area contributed by atoms with Crippen molar-refractivity contribution < 1.29 is 14.3 Å². The van der Waals surface area contributed by atoms with Crippen LogP contribution in [0.4, 0.5) is 0 Å². The van der Waals surface area contributed by atoms with E-state index in [1.165, 1.54) is 11.8 Å². The van der Waals surface area contributed by atoms with Gasteiger partial charge in [-0.2, -0.15) is 0 Å². The molecular weight excluding hydrogens is 202 g/mol. The van der Waals surface area contributed by atoms with Crippen LogP contribution < -0.4 is 0 Å². The van der Waals surface area contributed by atoms with Gasteiger partial charge in [0.1, 0.15) is 5.76 Å². The van der Waals surface area contributed by atoms with Gasteiger partial charge in [0.05, 0.1) is 12.1 Å². The maximum absolute atomic E-state index is 10.4. The van der Waals surface area contributed by atoms with Gasteiger partial charge in [0, 0.05) is 5.25 Å². The molecule has 1 N–H and O–H groups in total. The number of oxazole rings is 1. The lowest BCUT2D eigenvalue weighted by atomic mass is 10.3. The number of aliphatic carboxylic acids is 1. The molecule has 0 aromatic carbocycles. The number of carbonyl (C=O) groups is 1. The number of hydrogen-bond donors (Lipinski definition) is 1. The summed E-state index contributed by atoms with van der Waals surface area (Å²) in [7, 11) is 0. The Morgan fingerprint density at radius 1 is 1.64 bits per heavy atom. The van der Waals surface area contributed by atoms with Crippen molar-refractivity contribution in [1.29, 1.82) is 0 Å². The highest BCUT2D eigenvalue weighted by Gasteiger charge is 2.13. The standard InChI is InChI=1S/C9H13NO3S/c1-5(4-8(11)12)14-9-10-6(2)7(3)13-9/h5H,4H2,1-3H3,(H,11,12). The zero-order chi connectivity index (χ0) is 10.7. The Hall–Kier alpha value is -0.970. The fourth-order valence-corrected chi connectivity index (χ4v) is 1.89. The van der Waals surface area contributed by atoms with Crippen LogP contribution in [0.2, 0.25) is 0 Å². The largest absolute Gasteiger partial charge is 0.481 e. The van der Waals surface area contributed by atoms with E-state index in [1.54, 1.807) is 0 Å². The third-order valence-corrected chi connectivity index (χ3v) is 2.72. The van der Waals surface area contributed by atoms with Crippen LogP contribution in [0.3, 0.4) is 0 Å². The molecule has 4 nitrogen and oxygen atoms in total. The summed E-state index contributed by atoms with van der Waals surface area (Å²) in [6.45, 7) is 5.55. The van der Waals surface area contributed by atoms with Gasteiger partial charge in [-0.1, -0.05) is 18.7 Å². The van der Waals surface area contributed by atoms with Gasteiger partial charge >= 0.3 is 5.97 Å². The molecule has 1 aromatic rings. The van der Waals surface area contributed by atoms with E-state index in [0.717, 1.165) is 11.5 Å². The van der Waals surface area contributed by atoms with Crippen LogP contribution in [0.1, 0.15) is 24.8 Å². The molecular formula is C9H13NO3S. The van der Waals surface area contributed by atoms with Gasteiger partial charge in [-0.05, 0) is 13.8 Å². The summed E-state index contributed by atoms with van der Waals surface area (Å²) in [6, 6.07) is 0. The molecule has 14 heavy (non-hydrogen) atoms. The summed E-state index contributed by atoms with van der Waals surface area (Å²) >= 11 is 1.35. The van der Waals surface area contributed by atoms with Crippen molar-refractivity contribution in [3.05, 3.63) is 11.5 Å². The highest BCUT2D eigenvalue weighted by Crippen LogP contribution is 2.25. The lowest BCUT2D eigenvalue weighted by Crippen LogP contribution is -2.05. The minimum absolute atomic E-state index is 0.0232. The van der Waals surface area contributed by atoms with Crippen LogP contribution in [0.15, 0.2) is 9.64 Å². The van der Waals surface area contributed by atoms with Crippen LogP contribution in [0.25, 0.3) is 0 Å². The predicted molar refractivity (Wildman–Crippen MR) is 53.5 cm³/mol. The molecule has 78 valence electrons. The molecule has 0 saturated carbocycles. The molecule has 0 radical (unpaired) electrons. The van der Waals surface area contributed by atoms with Gasteiger partial charge in [0.25, 0.3) is 5.22 Å². The van der Waals surface area contributed by atoms with E-state index in [4.69, 9.17) is 9.52 Å². The molecule has 1 aromatic heterocycles. The molecule has 1 atom stereocenters. The molecule has 0 aliphatic heterocycles. The number of aromatic nitrogens is 1. The lowest BCUT2D eigenvalue weighted by Gasteiger charge is -2.03. The molecule has 0 saturated heterocycles. The highest BCUT2D eigenvalue weighted by atomic mass is 32.2. The highest BCUT2D eigenvalue weighted by molar-refractivity contribution is 7.99. The van der Waals surface area contributed by atoms with Gasteiger partial charge < -0.3 is 9.52 Å². The van der Waals surface area contributed by atoms with Crippen molar-refractivity contribution in [3.63, 3.8) is 0 Å². The summed E-state index contributed by atoms with van der Waals surface area (Å²) in [5.74, 6) is -0.0139. The van der Waals surface area contributed by atoms with E-state index < -0.39 is 5.97 Å². The molecule has 0 amide bonds. The summed E-state index contributed by atoms with van der Waals surface area (Å²) in [6.07, 6.45) is 0.116. The second kappa shape index (κ2) is 4.50. The lowest BCUT2D eigenvalue weighted by molar-refractivity contribution is -0.136. The first-order valence-electron chi connectivity index (χ1n) is 4.31. The number of carboxylic acid groups (broad SMARTS) is 1. The van der Waals surface area contributed by atoms with E-state index in [-0.39, 0.29) is 11.7 Å². The number of hydrogen-bond acceptors (Lipinski definition) is 4. The molecule has 0 aliphatic rings. The Morgan fingerprint density at radius 3 is 2.71 bits per heavy atom. The Labute approximate surface area is 86.7 Å². The summed E-state index contributed by atoms with van der Waals surface area (Å²) in [4.78, 5) is 14.6. The summed E-state index contributed by atoms with van der Waals surface area (Å²) < 4.78 is 5.33. The minimum Gasteiger partial charge on any atom is -0.481 e. The summed E-state index contributed by atoms with van der Waals surface area (Å²) in [5.41, 5.74) is 0.857. The quantitative estimate of drug-likeness (QED) is 0.780. The van der Waals surface area contributed by atoms with E-state index in [9.17, 15) is 4.79 Å². The first-order chi connectivity index (χ1) is 6.49. The Kier molecular flexibility index (Phi) is 3.57. The van der Waals surface area contributed by atoms with E-state index in [2.05, 4.69) is 4.98 Å². The van der Waals surface area contributed by atoms with Crippen LogP contribution in [-0.4, -0.2) is 21.3 Å². The second-order valence-corrected chi connectivity index (χ2v) is 4.54. The number of nitrogens with zero attached hydrogens (tertiary/aromatic N) is 1. The van der Waals surface area contributed by atoms with Gasteiger partial charge in [0.15, 0.2) is 0 Å². The number of rotatable bonds is 4. The molecule has 1 unspecified atom stereocenters. The molecule has 0 spiro atoms. The average Bonchev–Trinajstić information content (AvgIpc) is 2.28. The second-order valence-electron chi connectivity index (χ2n) is 3.15. The van der Waals surface area contributed by atoms with Crippen LogP contribution >= 0.6 is 11.8 Å². The Balaban J connectivity index is 2.56. The molecule has 0 fully saturated rings.